The zero-order chi connectivity index (χ0) is 37.3. The smallest absolute Gasteiger partial charge is 0.298 e. The molecular formula is C53H37N2O+. The highest BCUT2D eigenvalue weighted by molar-refractivity contribution is 6.31. The molecule has 2 heterocycles. The zero-order valence-corrected chi connectivity index (χ0v) is 31.2. The third kappa shape index (κ3) is 4.94. The summed E-state index contributed by atoms with van der Waals surface area (Å²) in [6, 6.07) is 67.7. The predicted octanol–water partition coefficient (Wildman–Crippen LogP) is 13.6. The molecule has 2 aromatic heterocycles. The third-order valence-corrected chi connectivity index (χ3v) is 11.6. The number of rotatable bonds is 5. The van der Waals surface area contributed by atoms with Crippen molar-refractivity contribution in [2.75, 3.05) is 0 Å². The van der Waals surface area contributed by atoms with E-state index < -0.39 is 0 Å². The first-order valence-corrected chi connectivity index (χ1v) is 19.2. The average molecular weight is 718 g/mol. The minimum absolute atomic E-state index is 0.910. The molecule has 3 nitrogen and oxygen atoms in total. The number of hydrogen-bond donors (Lipinski definition) is 0. The lowest BCUT2D eigenvalue weighted by atomic mass is 9.96. The lowest BCUT2D eigenvalue weighted by molar-refractivity contribution is -0.633. The van der Waals surface area contributed by atoms with Crippen LogP contribution in [-0.2, 0) is 7.05 Å². The van der Waals surface area contributed by atoms with Crippen LogP contribution in [0.4, 0.5) is 0 Å². The van der Waals surface area contributed by atoms with Crippen molar-refractivity contribution in [3.05, 3.63) is 194 Å². The van der Waals surface area contributed by atoms with Crippen LogP contribution in [0.5, 0.6) is 0 Å². The summed E-state index contributed by atoms with van der Waals surface area (Å²) in [5, 5.41) is 7.10. The number of hydrogen-bond acceptors (Lipinski definition) is 1. The molecule has 0 N–H and O–H groups in total. The summed E-state index contributed by atoms with van der Waals surface area (Å²) in [4.78, 5) is 0. The van der Waals surface area contributed by atoms with Gasteiger partial charge in [0.25, 0.3) is 5.82 Å². The summed E-state index contributed by atoms with van der Waals surface area (Å²) in [5.74, 6) is 1.08. The van der Waals surface area contributed by atoms with Crippen LogP contribution >= 0.6 is 0 Å². The van der Waals surface area contributed by atoms with Crippen molar-refractivity contribution in [1.82, 2.24) is 4.57 Å². The first-order valence-electron chi connectivity index (χ1n) is 19.2. The lowest BCUT2D eigenvalue weighted by Gasteiger charge is -2.09. The summed E-state index contributed by atoms with van der Waals surface area (Å²) < 4.78 is 11.8. The summed E-state index contributed by atoms with van der Waals surface area (Å²) in [7, 11) is 2.17. The highest BCUT2D eigenvalue weighted by Gasteiger charge is 2.31. The van der Waals surface area contributed by atoms with Gasteiger partial charge in [0, 0.05) is 16.2 Å². The highest BCUT2D eigenvalue weighted by atomic mass is 16.3. The molecule has 0 bridgehead atoms. The van der Waals surface area contributed by atoms with Crippen LogP contribution in [0.3, 0.4) is 0 Å². The van der Waals surface area contributed by atoms with Gasteiger partial charge < -0.3 is 4.42 Å². The van der Waals surface area contributed by atoms with E-state index in [-0.39, 0.29) is 0 Å². The Bertz CT molecular complexity index is 3280. The van der Waals surface area contributed by atoms with Crippen LogP contribution in [0.25, 0.3) is 105 Å². The number of imidazole rings is 1. The van der Waals surface area contributed by atoms with Gasteiger partial charge in [0.15, 0.2) is 16.6 Å². The molecule has 56 heavy (non-hydrogen) atoms. The minimum atomic E-state index is 0.910. The van der Waals surface area contributed by atoms with Crippen LogP contribution in [0.15, 0.2) is 192 Å². The second-order valence-corrected chi connectivity index (χ2v) is 14.8. The molecule has 0 unspecified atom stereocenters. The van der Waals surface area contributed by atoms with Gasteiger partial charge in [-0.2, -0.15) is 4.57 Å². The van der Waals surface area contributed by atoms with Crippen LogP contribution in [0, 0.1) is 6.92 Å². The maximum Gasteiger partial charge on any atom is 0.298 e. The number of aromatic nitrogens is 2. The number of furan rings is 1. The van der Waals surface area contributed by atoms with E-state index in [0.29, 0.717) is 0 Å². The molecule has 0 atom stereocenters. The second kappa shape index (κ2) is 12.7. The number of nitrogens with zero attached hydrogens (tertiary/aromatic N) is 2. The molecule has 11 rings (SSSR count). The summed E-state index contributed by atoms with van der Waals surface area (Å²) in [6.45, 7) is 2.20. The minimum Gasteiger partial charge on any atom is -0.454 e. The number of para-hydroxylation sites is 2. The predicted molar refractivity (Wildman–Crippen MR) is 233 cm³/mol. The van der Waals surface area contributed by atoms with Crippen molar-refractivity contribution in [2.24, 2.45) is 7.05 Å². The van der Waals surface area contributed by atoms with E-state index in [1.165, 1.54) is 54.9 Å². The van der Waals surface area contributed by atoms with Gasteiger partial charge in [0.2, 0.25) is 0 Å². The van der Waals surface area contributed by atoms with Gasteiger partial charge >= 0.3 is 0 Å². The van der Waals surface area contributed by atoms with E-state index in [2.05, 4.69) is 211 Å². The molecule has 11 aromatic rings. The van der Waals surface area contributed by atoms with E-state index in [9.17, 15) is 0 Å². The molecule has 264 valence electrons. The van der Waals surface area contributed by atoms with Gasteiger partial charge in [-0.25, -0.2) is 4.57 Å². The Morgan fingerprint density at radius 3 is 1.52 bits per heavy atom. The van der Waals surface area contributed by atoms with E-state index in [4.69, 9.17) is 4.42 Å². The lowest BCUT2D eigenvalue weighted by Crippen LogP contribution is -2.30. The molecular weight excluding hydrogens is 681 g/mol. The molecule has 0 spiro atoms. The van der Waals surface area contributed by atoms with Crippen molar-refractivity contribution in [3.8, 4) is 50.5 Å². The molecule has 0 amide bonds. The number of fused-ring (bicyclic) bond motifs is 9. The van der Waals surface area contributed by atoms with Gasteiger partial charge in [0.05, 0.1) is 7.05 Å². The monoisotopic (exact) mass is 717 g/mol. The Hall–Kier alpha value is -7.23. The van der Waals surface area contributed by atoms with E-state index in [1.54, 1.807) is 0 Å². The molecule has 3 heteroatoms. The van der Waals surface area contributed by atoms with Gasteiger partial charge in [-0.3, -0.25) is 0 Å². The fraction of sp³-hybridized carbons (Fsp3) is 0.0377. The quantitative estimate of drug-likeness (QED) is 0.128. The zero-order valence-electron chi connectivity index (χ0n) is 31.2. The van der Waals surface area contributed by atoms with E-state index >= 15 is 0 Å². The summed E-state index contributed by atoms with van der Waals surface area (Å²) in [6.07, 6.45) is 0. The summed E-state index contributed by atoms with van der Waals surface area (Å²) >= 11 is 0. The SMILES string of the molecule is Cc1ccc2c(oc3c4ccccc4c4ccccc4c23)c1-c1n(-c2ccc(-c3ccc(-c4ccc(-c5ccccc5)cc4)cc3)cc2)c2ccccc2[n+]1C. The Kier molecular flexibility index (Phi) is 7.30. The normalized spacial score (nSPS) is 11.8. The Balaban J connectivity index is 1.03. The Morgan fingerprint density at radius 1 is 0.411 bits per heavy atom. The van der Waals surface area contributed by atoms with Crippen molar-refractivity contribution < 1.29 is 8.98 Å². The maximum absolute atomic E-state index is 7.10. The average Bonchev–Trinajstić information content (AvgIpc) is 3.80. The fourth-order valence-corrected chi connectivity index (χ4v) is 8.85. The standard InChI is InChI=1S/C53H37N2O/c1-34-20-33-46-50-44-16-8-6-14-42(44)43-15-7-9-17-45(43)51(50)56-52(46)49(34)53-54(2)47-18-10-11-19-48(47)55(53)41-31-29-40(30-32-41)39-27-25-38(26-28-39)37-23-21-36(22-24-37)35-12-4-3-5-13-35/h3-33H,1-2H3/q+1. The van der Waals surface area contributed by atoms with Crippen LogP contribution in [0.1, 0.15) is 5.56 Å². The van der Waals surface area contributed by atoms with Gasteiger partial charge in [-0.15, -0.1) is 0 Å². The second-order valence-electron chi connectivity index (χ2n) is 14.8. The van der Waals surface area contributed by atoms with Crippen molar-refractivity contribution in [1.29, 1.82) is 0 Å². The molecule has 0 radical (unpaired) electrons. The first kappa shape index (κ1) is 32.2. The molecule has 0 aliphatic carbocycles. The van der Waals surface area contributed by atoms with Crippen LogP contribution in [-0.4, -0.2) is 4.57 Å². The summed E-state index contributed by atoms with van der Waals surface area (Å²) in [5.41, 5.74) is 14.7. The van der Waals surface area contributed by atoms with Crippen molar-refractivity contribution in [2.45, 2.75) is 6.92 Å². The molecule has 0 aliphatic heterocycles. The number of benzene rings is 9. The van der Waals surface area contributed by atoms with Crippen molar-refractivity contribution >= 4 is 54.5 Å². The van der Waals surface area contributed by atoms with E-state index in [0.717, 1.165) is 55.6 Å². The van der Waals surface area contributed by atoms with Crippen LogP contribution in [0.2, 0.25) is 0 Å². The van der Waals surface area contributed by atoms with Crippen LogP contribution < -0.4 is 4.57 Å². The fourth-order valence-electron chi connectivity index (χ4n) is 8.85. The maximum atomic E-state index is 7.10. The Labute approximate surface area is 324 Å². The van der Waals surface area contributed by atoms with Gasteiger partial charge in [0.1, 0.15) is 16.8 Å². The highest BCUT2D eigenvalue weighted by Crippen LogP contribution is 2.45. The third-order valence-electron chi connectivity index (χ3n) is 11.6. The van der Waals surface area contributed by atoms with Gasteiger partial charge in [-0.1, -0.05) is 164 Å². The number of aryl methyl sites for hydroxylation is 2. The van der Waals surface area contributed by atoms with E-state index in [1.807, 2.05) is 0 Å². The first-order chi connectivity index (χ1) is 27.6. The molecule has 0 fully saturated rings. The Morgan fingerprint density at radius 2 is 0.893 bits per heavy atom. The molecule has 0 saturated heterocycles. The van der Waals surface area contributed by atoms with Gasteiger partial charge in [-0.05, 0) is 86.3 Å². The molecule has 0 aliphatic rings. The molecule has 0 saturated carbocycles. The van der Waals surface area contributed by atoms with Crippen molar-refractivity contribution in [3.63, 3.8) is 0 Å². The molecule has 9 aromatic carbocycles. The largest absolute Gasteiger partial charge is 0.454 e. The topological polar surface area (TPSA) is 21.9 Å².